The van der Waals surface area contributed by atoms with Gasteiger partial charge in [-0.1, -0.05) is 30.3 Å². The molecule has 1 heterocycles. The molecule has 116 valence electrons. The van der Waals surface area contributed by atoms with Gasteiger partial charge in [0, 0.05) is 11.5 Å². The summed E-state index contributed by atoms with van der Waals surface area (Å²) in [6, 6.07) is 10.5. The smallest absolute Gasteiger partial charge is 0.224 e. The van der Waals surface area contributed by atoms with Gasteiger partial charge in [0.25, 0.3) is 0 Å². The van der Waals surface area contributed by atoms with Gasteiger partial charge in [0.05, 0.1) is 0 Å². The van der Waals surface area contributed by atoms with Gasteiger partial charge in [-0.3, -0.25) is 4.79 Å². The Morgan fingerprint density at radius 2 is 1.86 bits per heavy atom. The van der Waals surface area contributed by atoms with Crippen molar-refractivity contribution in [2.45, 2.75) is 32.2 Å². The molecule has 2 N–H and O–H groups in total. The van der Waals surface area contributed by atoms with Gasteiger partial charge < -0.3 is 10.6 Å². The zero-order valence-electron chi connectivity index (χ0n) is 12.8. The molecule has 1 unspecified atom stereocenters. The SMILES string of the molecule is CC(C)(CCc1ccccc1)NC(=O)C1[C@H]2CNC[C@@H]12.Cl. The van der Waals surface area contributed by atoms with E-state index in [9.17, 15) is 4.79 Å². The van der Waals surface area contributed by atoms with E-state index in [1.807, 2.05) is 6.07 Å². The highest BCUT2D eigenvalue weighted by molar-refractivity contribution is 5.85. The van der Waals surface area contributed by atoms with Crippen LogP contribution >= 0.6 is 12.4 Å². The maximum atomic E-state index is 12.3. The lowest BCUT2D eigenvalue weighted by Crippen LogP contribution is -2.45. The fourth-order valence-corrected chi connectivity index (χ4v) is 3.39. The molecule has 0 bridgehead atoms. The van der Waals surface area contributed by atoms with E-state index in [1.54, 1.807) is 0 Å². The first kappa shape index (κ1) is 16.3. The zero-order valence-corrected chi connectivity index (χ0v) is 13.6. The maximum absolute atomic E-state index is 12.3. The molecule has 2 aliphatic rings. The van der Waals surface area contributed by atoms with Crippen LogP contribution in [0.15, 0.2) is 30.3 Å². The number of aryl methyl sites for hydroxylation is 1. The third-order valence-electron chi connectivity index (χ3n) is 4.74. The molecular formula is C17H25ClN2O. The van der Waals surface area contributed by atoms with Crippen LogP contribution in [-0.4, -0.2) is 24.5 Å². The second kappa shape index (κ2) is 6.37. The summed E-state index contributed by atoms with van der Waals surface area (Å²) in [7, 11) is 0. The average molecular weight is 309 g/mol. The maximum Gasteiger partial charge on any atom is 0.224 e. The van der Waals surface area contributed by atoms with Crippen LogP contribution in [0.5, 0.6) is 0 Å². The van der Waals surface area contributed by atoms with Crippen LogP contribution in [0.2, 0.25) is 0 Å². The van der Waals surface area contributed by atoms with E-state index >= 15 is 0 Å². The van der Waals surface area contributed by atoms with Crippen molar-refractivity contribution in [2.24, 2.45) is 17.8 Å². The number of amides is 1. The van der Waals surface area contributed by atoms with Gasteiger partial charge in [-0.25, -0.2) is 0 Å². The first-order chi connectivity index (χ1) is 9.57. The molecule has 21 heavy (non-hydrogen) atoms. The fourth-order valence-electron chi connectivity index (χ4n) is 3.39. The van der Waals surface area contributed by atoms with Gasteiger partial charge in [0.1, 0.15) is 0 Å². The molecular weight excluding hydrogens is 284 g/mol. The third-order valence-corrected chi connectivity index (χ3v) is 4.74. The molecule has 1 aliphatic heterocycles. The lowest BCUT2D eigenvalue weighted by molar-refractivity contribution is -0.124. The number of fused-ring (bicyclic) bond motifs is 1. The standard InChI is InChI=1S/C17H24N2O.ClH/c1-17(2,9-8-12-6-4-3-5-7-12)19-16(20)15-13-10-18-11-14(13)15;/h3-7,13-15,18H,8-11H2,1-2H3,(H,19,20);1H/t13-,14+,15?;. The number of piperidine rings is 1. The molecule has 2 fully saturated rings. The summed E-state index contributed by atoms with van der Waals surface area (Å²) in [5.41, 5.74) is 1.21. The summed E-state index contributed by atoms with van der Waals surface area (Å²) in [5, 5.41) is 6.59. The lowest BCUT2D eigenvalue weighted by atomic mass is 9.95. The highest BCUT2D eigenvalue weighted by atomic mass is 35.5. The Labute approximate surface area is 133 Å². The second-order valence-corrected chi connectivity index (χ2v) is 6.87. The third kappa shape index (κ3) is 3.78. The molecule has 3 rings (SSSR count). The Balaban J connectivity index is 0.00000161. The van der Waals surface area contributed by atoms with Crippen molar-refractivity contribution in [3.63, 3.8) is 0 Å². The fraction of sp³-hybridized carbons (Fsp3) is 0.588. The van der Waals surface area contributed by atoms with Gasteiger partial charge in [-0.05, 0) is 57.2 Å². The molecule has 3 nitrogen and oxygen atoms in total. The summed E-state index contributed by atoms with van der Waals surface area (Å²) < 4.78 is 0. The summed E-state index contributed by atoms with van der Waals surface area (Å²) in [5.74, 6) is 1.73. The minimum absolute atomic E-state index is 0. The number of carbonyl (C=O) groups is 1. The number of halogens is 1. The number of hydrogen-bond donors (Lipinski definition) is 2. The van der Waals surface area contributed by atoms with Crippen LogP contribution in [0.1, 0.15) is 25.8 Å². The Kier molecular flexibility index (Phi) is 4.95. The molecule has 3 atom stereocenters. The Morgan fingerprint density at radius 3 is 2.48 bits per heavy atom. The normalized spacial score (nSPS) is 26.7. The van der Waals surface area contributed by atoms with E-state index in [1.165, 1.54) is 5.56 Å². The van der Waals surface area contributed by atoms with Gasteiger partial charge in [-0.2, -0.15) is 0 Å². The van der Waals surface area contributed by atoms with Crippen LogP contribution in [0, 0.1) is 17.8 Å². The van der Waals surface area contributed by atoms with E-state index in [4.69, 9.17) is 0 Å². The van der Waals surface area contributed by atoms with Crippen molar-refractivity contribution in [1.29, 1.82) is 0 Å². The van der Waals surface area contributed by atoms with Gasteiger partial charge >= 0.3 is 0 Å². The van der Waals surface area contributed by atoms with Crippen LogP contribution < -0.4 is 10.6 Å². The zero-order chi connectivity index (χ0) is 14.2. The molecule has 0 spiro atoms. The van der Waals surface area contributed by atoms with Gasteiger partial charge in [0.15, 0.2) is 0 Å². The molecule has 0 radical (unpaired) electrons. The highest BCUT2D eigenvalue weighted by Gasteiger charge is 2.57. The molecule has 1 saturated carbocycles. The Morgan fingerprint density at radius 1 is 1.24 bits per heavy atom. The number of nitrogens with one attached hydrogen (secondary N) is 2. The number of carbonyl (C=O) groups excluding carboxylic acids is 1. The van der Waals surface area contributed by atoms with Crippen molar-refractivity contribution in [3.05, 3.63) is 35.9 Å². The molecule has 1 aromatic carbocycles. The topological polar surface area (TPSA) is 41.1 Å². The highest BCUT2D eigenvalue weighted by Crippen LogP contribution is 2.48. The summed E-state index contributed by atoms with van der Waals surface area (Å²) in [4.78, 5) is 12.3. The van der Waals surface area contributed by atoms with Crippen molar-refractivity contribution in [3.8, 4) is 0 Å². The van der Waals surface area contributed by atoms with E-state index in [2.05, 4.69) is 48.7 Å². The van der Waals surface area contributed by atoms with Crippen molar-refractivity contribution in [1.82, 2.24) is 10.6 Å². The largest absolute Gasteiger partial charge is 0.351 e. The van der Waals surface area contributed by atoms with Crippen molar-refractivity contribution < 1.29 is 4.79 Å². The molecule has 1 amide bonds. The van der Waals surface area contributed by atoms with Crippen LogP contribution in [-0.2, 0) is 11.2 Å². The van der Waals surface area contributed by atoms with Gasteiger partial charge in [-0.15, -0.1) is 12.4 Å². The van der Waals surface area contributed by atoms with Crippen LogP contribution in [0.25, 0.3) is 0 Å². The second-order valence-electron chi connectivity index (χ2n) is 6.87. The number of rotatable bonds is 5. The lowest BCUT2D eigenvalue weighted by Gasteiger charge is -2.27. The van der Waals surface area contributed by atoms with Crippen LogP contribution in [0.4, 0.5) is 0 Å². The monoisotopic (exact) mass is 308 g/mol. The minimum Gasteiger partial charge on any atom is -0.351 e. The van der Waals surface area contributed by atoms with E-state index < -0.39 is 0 Å². The number of benzene rings is 1. The Hall–Kier alpha value is -1.06. The summed E-state index contributed by atoms with van der Waals surface area (Å²) in [6.07, 6.45) is 1.98. The molecule has 1 aliphatic carbocycles. The first-order valence-corrected chi connectivity index (χ1v) is 7.63. The average Bonchev–Trinajstić information content (AvgIpc) is 2.92. The molecule has 4 heteroatoms. The summed E-state index contributed by atoms with van der Waals surface area (Å²) in [6.45, 7) is 6.30. The first-order valence-electron chi connectivity index (χ1n) is 7.63. The van der Waals surface area contributed by atoms with E-state index in [-0.39, 0.29) is 29.8 Å². The summed E-state index contributed by atoms with van der Waals surface area (Å²) >= 11 is 0. The van der Waals surface area contributed by atoms with E-state index in [0.717, 1.165) is 25.9 Å². The Bertz CT molecular complexity index is 479. The predicted octanol–water partition coefficient (Wildman–Crippen LogP) is 2.40. The molecule has 1 saturated heterocycles. The predicted molar refractivity (Wildman–Crippen MR) is 87.6 cm³/mol. The van der Waals surface area contributed by atoms with Crippen molar-refractivity contribution in [2.75, 3.05) is 13.1 Å². The van der Waals surface area contributed by atoms with E-state index in [0.29, 0.717) is 11.8 Å². The molecule has 1 aromatic rings. The quantitative estimate of drug-likeness (QED) is 0.877. The van der Waals surface area contributed by atoms with Gasteiger partial charge in [0.2, 0.25) is 5.91 Å². The number of hydrogen-bond acceptors (Lipinski definition) is 2. The van der Waals surface area contributed by atoms with Crippen molar-refractivity contribution >= 4 is 18.3 Å². The molecule has 0 aromatic heterocycles. The van der Waals surface area contributed by atoms with Crippen LogP contribution in [0.3, 0.4) is 0 Å². The minimum atomic E-state index is -0.128.